The van der Waals surface area contributed by atoms with Crippen molar-refractivity contribution in [3.63, 3.8) is 0 Å². The SMILES string of the molecule is CC[C@H](C)[C@H](NC(=O)[C@H](C)NC(=O)CNC(=O)[C@H](Cc1ccccc1)NC(=O)[C@@H](NC(=O)[C@H](CCSC)NC(=O)[C@H](Cc1ccccc1)NC(=O)[C@@H](NC(=O)[C@H](Cc1ccccc1)NC(=O)[C@H](CC(C)C)NC(=O)[C@H](Cc1ccccc1)NC(=O)[C@@H](NC(=O)[C@H](CS)NC(=O)[C@H](CC(C)C)NC(=O)[C@H](CC(C)C)NC(=O)[C@H](CC(C)C)NC(=O)[C@@H](N)CCSC)C(C)C)C(C)C)C(C)C)C(=O)O. The van der Waals surface area contributed by atoms with Crippen LogP contribution in [0.3, 0.4) is 0 Å². The molecule has 17 atom stereocenters. The number of nitrogens with two attached hydrogens (primary N) is 1. The minimum absolute atomic E-state index is 0.00201. The predicted molar refractivity (Wildman–Crippen MR) is 535 cm³/mol. The Hall–Kier alpha value is -11.1. The summed E-state index contributed by atoms with van der Waals surface area (Å²) in [5, 5.41) is 53.4. The first-order valence-corrected chi connectivity index (χ1v) is 50.7. The Morgan fingerprint density at radius 2 is 0.562 bits per heavy atom. The van der Waals surface area contributed by atoms with Gasteiger partial charge in [-0.3, -0.25) is 76.7 Å². The maximum Gasteiger partial charge on any atom is 0.326 e. The molecule has 0 saturated heterocycles. The molecular formula is C99H151N17O18S3. The molecular weight excluding hydrogens is 1810 g/mol. The van der Waals surface area contributed by atoms with Crippen molar-refractivity contribution in [2.45, 2.75) is 285 Å². The van der Waals surface area contributed by atoms with Crippen molar-refractivity contribution in [3.8, 4) is 0 Å². The lowest BCUT2D eigenvalue weighted by Crippen LogP contribution is -2.62. The van der Waals surface area contributed by atoms with Crippen LogP contribution in [0.1, 0.15) is 185 Å². The molecule has 0 aromatic heterocycles. The Kier molecular flexibility index (Phi) is 52.8. The number of aliphatic carboxylic acids is 1. The van der Waals surface area contributed by atoms with Crippen molar-refractivity contribution in [1.82, 2.24) is 85.1 Å². The summed E-state index contributed by atoms with van der Waals surface area (Å²) >= 11 is 7.33. The minimum Gasteiger partial charge on any atom is -0.480 e. The van der Waals surface area contributed by atoms with Crippen molar-refractivity contribution in [1.29, 1.82) is 0 Å². The highest BCUT2D eigenvalue weighted by Gasteiger charge is 2.41. The Morgan fingerprint density at radius 3 is 0.861 bits per heavy atom. The molecule has 0 aliphatic heterocycles. The third-order valence-electron chi connectivity index (χ3n) is 22.8. The van der Waals surface area contributed by atoms with Crippen molar-refractivity contribution < 1.29 is 86.6 Å². The molecule has 4 aromatic carbocycles. The molecule has 0 bridgehead atoms. The normalized spacial score (nSPS) is 15.2. The Bertz CT molecular complexity index is 4560. The number of carbonyl (C=O) groups is 17. The number of nitrogens with one attached hydrogen (secondary N) is 16. The number of rotatable bonds is 61. The van der Waals surface area contributed by atoms with Gasteiger partial charge < -0.3 is 95.9 Å². The number of carbonyl (C=O) groups excluding carboxylic acids is 16. The summed E-state index contributed by atoms with van der Waals surface area (Å²) in [4.78, 5) is 243. The van der Waals surface area contributed by atoms with Crippen LogP contribution in [0.15, 0.2) is 121 Å². The van der Waals surface area contributed by atoms with Gasteiger partial charge in [0.25, 0.3) is 0 Å². The number of hydrogen-bond donors (Lipinski definition) is 19. The van der Waals surface area contributed by atoms with Gasteiger partial charge in [-0.25, -0.2) is 4.79 Å². The molecule has 19 N–H and O–H groups in total. The first-order valence-electron chi connectivity index (χ1n) is 47.3. The maximum atomic E-state index is 15.2. The number of hydrogen-bond acceptors (Lipinski definition) is 21. The maximum absolute atomic E-state index is 15.2. The first-order chi connectivity index (χ1) is 64.7. The van der Waals surface area contributed by atoms with Gasteiger partial charge in [0.05, 0.1) is 12.6 Å². The number of thiol groups is 1. The van der Waals surface area contributed by atoms with E-state index in [1.807, 2.05) is 61.6 Å². The largest absolute Gasteiger partial charge is 0.480 e. The van der Waals surface area contributed by atoms with Crippen molar-refractivity contribution in [3.05, 3.63) is 144 Å². The summed E-state index contributed by atoms with van der Waals surface area (Å²) in [5.74, 6) is -16.0. The van der Waals surface area contributed by atoms with Gasteiger partial charge in [-0.1, -0.05) is 239 Å². The van der Waals surface area contributed by atoms with Crippen molar-refractivity contribution >= 4 is 137 Å². The van der Waals surface area contributed by atoms with E-state index in [4.69, 9.17) is 5.73 Å². The molecule has 0 heterocycles. The molecule has 16 amide bonds. The van der Waals surface area contributed by atoms with Gasteiger partial charge in [-0.05, 0) is 139 Å². The monoisotopic (exact) mass is 1960 g/mol. The van der Waals surface area contributed by atoms with Gasteiger partial charge in [0.2, 0.25) is 94.5 Å². The van der Waals surface area contributed by atoms with Crippen LogP contribution < -0.4 is 90.8 Å². The molecule has 0 unspecified atom stereocenters. The van der Waals surface area contributed by atoms with Crippen molar-refractivity contribution in [2.75, 3.05) is 36.3 Å². The highest BCUT2D eigenvalue weighted by atomic mass is 32.2. The Balaban J connectivity index is 1.61. The molecule has 0 spiro atoms. The van der Waals surface area contributed by atoms with Crippen molar-refractivity contribution in [2.24, 2.45) is 53.1 Å². The zero-order valence-corrected chi connectivity index (χ0v) is 85.3. The summed E-state index contributed by atoms with van der Waals surface area (Å²) in [5.41, 5.74) is 8.55. The highest BCUT2D eigenvalue weighted by molar-refractivity contribution is 7.98. The quantitative estimate of drug-likeness (QED) is 0.0272. The fraction of sp³-hybridized carbons (Fsp3) is 0.586. The van der Waals surface area contributed by atoms with E-state index in [0.717, 1.165) is 0 Å². The van der Waals surface area contributed by atoms with Gasteiger partial charge >= 0.3 is 5.97 Å². The lowest BCUT2D eigenvalue weighted by molar-refractivity contribution is -0.143. The van der Waals surface area contributed by atoms with Crippen LogP contribution in [-0.4, -0.2) is 239 Å². The molecule has 758 valence electrons. The molecule has 0 saturated carbocycles. The van der Waals surface area contributed by atoms with Gasteiger partial charge in [-0.15, -0.1) is 0 Å². The smallest absolute Gasteiger partial charge is 0.326 e. The van der Waals surface area contributed by atoms with Crippen LogP contribution >= 0.6 is 36.2 Å². The van der Waals surface area contributed by atoms with E-state index in [0.29, 0.717) is 46.6 Å². The van der Waals surface area contributed by atoms with Gasteiger partial charge in [0.15, 0.2) is 0 Å². The van der Waals surface area contributed by atoms with Crippen LogP contribution in [0.5, 0.6) is 0 Å². The molecule has 0 radical (unpaired) electrons. The molecule has 0 fully saturated rings. The van der Waals surface area contributed by atoms with E-state index in [-0.39, 0.29) is 87.2 Å². The topological polar surface area (TPSA) is 529 Å². The zero-order chi connectivity index (χ0) is 102. The molecule has 0 aliphatic rings. The molecule has 38 heteroatoms. The van der Waals surface area contributed by atoms with Crippen LogP contribution in [0, 0.1) is 47.3 Å². The second-order valence-electron chi connectivity index (χ2n) is 37.6. The average molecular weight is 1960 g/mol. The van der Waals surface area contributed by atoms with Crippen LogP contribution in [0.2, 0.25) is 0 Å². The lowest BCUT2D eigenvalue weighted by Gasteiger charge is -2.30. The van der Waals surface area contributed by atoms with Crippen LogP contribution in [0.4, 0.5) is 0 Å². The molecule has 4 rings (SSSR count). The fourth-order valence-electron chi connectivity index (χ4n) is 14.8. The molecule has 137 heavy (non-hydrogen) atoms. The van der Waals surface area contributed by atoms with Crippen LogP contribution in [-0.2, 0) is 107 Å². The second kappa shape index (κ2) is 61.3. The third kappa shape index (κ3) is 42.8. The van der Waals surface area contributed by atoms with Crippen LogP contribution in [0.25, 0.3) is 0 Å². The highest BCUT2D eigenvalue weighted by Crippen LogP contribution is 2.20. The van der Waals surface area contributed by atoms with E-state index in [1.165, 1.54) is 30.4 Å². The van der Waals surface area contributed by atoms with E-state index >= 15 is 24.0 Å². The average Bonchev–Trinajstić information content (AvgIpc) is 0.814. The number of amides is 16. The van der Waals surface area contributed by atoms with E-state index in [2.05, 4.69) is 97.7 Å². The van der Waals surface area contributed by atoms with E-state index < -0.39 is 227 Å². The molecule has 35 nitrogen and oxygen atoms in total. The summed E-state index contributed by atoms with van der Waals surface area (Å²) in [6, 6.07) is 14.1. The third-order valence-corrected chi connectivity index (χ3v) is 24.4. The first kappa shape index (κ1) is 118. The second-order valence-corrected chi connectivity index (χ2v) is 40.0. The zero-order valence-electron chi connectivity index (χ0n) is 82.7. The Labute approximate surface area is 821 Å². The van der Waals surface area contributed by atoms with Gasteiger partial charge in [-0.2, -0.15) is 36.2 Å². The fourth-order valence-corrected chi connectivity index (χ4v) is 16.0. The number of thioether (sulfide) groups is 2. The van der Waals surface area contributed by atoms with Gasteiger partial charge in [0.1, 0.15) is 90.6 Å². The summed E-state index contributed by atoms with van der Waals surface area (Å²) in [7, 11) is 0. The number of carboxylic acid groups (broad SMARTS) is 1. The Morgan fingerprint density at radius 1 is 0.307 bits per heavy atom. The molecule has 0 aliphatic carbocycles. The van der Waals surface area contributed by atoms with Gasteiger partial charge in [0, 0.05) is 31.4 Å². The predicted octanol–water partition coefficient (Wildman–Crippen LogP) is 4.41. The molecule has 4 aromatic rings. The summed E-state index contributed by atoms with van der Waals surface area (Å²) in [6.45, 7) is 28.8. The summed E-state index contributed by atoms with van der Waals surface area (Å²) < 4.78 is 0. The summed E-state index contributed by atoms with van der Waals surface area (Å²) in [6.07, 6.45) is 4.53. The van der Waals surface area contributed by atoms with E-state index in [9.17, 15) is 62.6 Å². The van der Waals surface area contributed by atoms with E-state index in [1.54, 1.807) is 183 Å². The number of benzene rings is 4. The minimum atomic E-state index is -1.45. The lowest BCUT2D eigenvalue weighted by atomic mass is 9.98. The number of carboxylic acids is 1. The standard InChI is InChI=1S/C99H151N17O18S3/c1-20-62(16)83(99(133)134)116-84(118)63(17)102-79(117)53-101-86(120)74(49-64-33-25-21-26-34-64)109-96(130)80(59(10)11)113-87(121)69(42-44-137-19)103-92(126)75(50-65-35-27-22-28-36-65)110-97(131)81(60(12)13)114-94(128)77(52-67-39-31-24-32-40-67)108-90(124)72(47-57(6)7)107-93(127)76(51-66-37-29-23-30-38-66)111-98(132)82(61(14)15)115-95(129)78(54-135)112-91(125)73(48-58(8)9)106-89(123)71(46-56(4)5)105-88(122)70(45-55(2)3)104-85(119)68(100)41-43-136-18/h21-40,55-63,68-78,80-83,135H,20,41-54,100H2,1-19H3,(H,101,120)(H,102,117)(H,103,126)(H,104,119)(H,105,122)(H,106,123)(H,107,127)(H,108,124)(H,109,130)(H,110,131)(H,111,132)(H,112,125)(H,113,121)(H,114,128)(H,115,129)(H,116,118)(H,133,134)/t62-,63-,68-,69-,70-,71-,72-,73-,74-,75-,76-,77-,78-,80-,81-,82-,83-/m0/s1.